The molecule has 2 unspecified atom stereocenters. The minimum absolute atomic E-state index is 0.129. The van der Waals surface area contributed by atoms with Crippen molar-refractivity contribution in [1.29, 1.82) is 0 Å². The number of anilines is 1. The zero-order valence-corrected chi connectivity index (χ0v) is 12.9. The van der Waals surface area contributed by atoms with Gasteiger partial charge in [0.15, 0.2) is 11.9 Å². The molecule has 1 aliphatic rings. The van der Waals surface area contributed by atoms with Gasteiger partial charge < -0.3 is 19.5 Å². The Morgan fingerprint density at radius 2 is 2.09 bits per heavy atom. The van der Waals surface area contributed by atoms with Crippen molar-refractivity contribution in [3.63, 3.8) is 0 Å². The molecule has 0 bridgehead atoms. The highest BCUT2D eigenvalue weighted by atomic mass is 16.5. The lowest BCUT2D eigenvalue weighted by molar-refractivity contribution is -0.160. The van der Waals surface area contributed by atoms with E-state index in [2.05, 4.69) is 10.5 Å². The number of carbonyl (C=O) groups excluding carboxylic acids is 2. The Kier molecular flexibility index (Phi) is 4.12. The van der Waals surface area contributed by atoms with Crippen molar-refractivity contribution in [3.05, 3.63) is 47.7 Å². The normalized spacial score (nSPS) is 21.3. The molecule has 120 valence electrons. The average molecular weight is 315 g/mol. The van der Waals surface area contributed by atoms with Gasteiger partial charge in [0.1, 0.15) is 12.4 Å². The number of carbonyl (C=O) groups is 2. The number of aryl methyl sites for hydroxylation is 1. The summed E-state index contributed by atoms with van der Waals surface area (Å²) >= 11 is 0. The third kappa shape index (κ3) is 3.09. The molecule has 2 heterocycles. The van der Waals surface area contributed by atoms with Gasteiger partial charge in [0, 0.05) is 13.1 Å². The number of hydrogen-bond donors (Lipinski definition) is 1. The van der Waals surface area contributed by atoms with E-state index in [0.717, 1.165) is 5.56 Å². The quantitative estimate of drug-likeness (QED) is 0.928. The van der Waals surface area contributed by atoms with Gasteiger partial charge in [0.2, 0.25) is 5.91 Å². The summed E-state index contributed by atoms with van der Waals surface area (Å²) in [6, 6.07) is 10.4. The Morgan fingerprint density at radius 3 is 2.74 bits per heavy atom. The summed E-state index contributed by atoms with van der Waals surface area (Å²) in [4.78, 5) is 26.0. The fraction of sp³-hybridized carbons (Fsp3) is 0.312. The molecule has 0 spiro atoms. The smallest absolute Gasteiger partial charge is 0.257 e. The third-order valence-corrected chi connectivity index (χ3v) is 3.76. The van der Waals surface area contributed by atoms with Crippen molar-refractivity contribution < 1.29 is 18.8 Å². The lowest BCUT2D eigenvalue weighted by Gasteiger charge is -2.38. The first-order chi connectivity index (χ1) is 11.1. The van der Waals surface area contributed by atoms with E-state index < -0.39 is 12.1 Å². The molecule has 0 radical (unpaired) electrons. The standard InChI is InChI=1S/C16H17N3O4/c1-10-8-12(18-23-10)17-16(21)15-14(11-6-4-3-5-7-11)19(2)13(20)9-22-15/h3-8,14-15H,9H2,1-2H3,(H,17,18,21). The van der Waals surface area contributed by atoms with Crippen LogP contribution in [0.3, 0.4) is 0 Å². The van der Waals surface area contributed by atoms with Crippen molar-refractivity contribution in [2.24, 2.45) is 0 Å². The fourth-order valence-electron chi connectivity index (χ4n) is 2.60. The molecule has 1 saturated heterocycles. The first kappa shape index (κ1) is 15.2. The predicted octanol–water partition coefficient (Wildman–Crippen LogP) is 1.52. The Morgan fingerprint density at radius 1 is 1.35 bits per heavy atom. The summed E-state index contributed by atoms with van der Waals surface area (Å²) < 4.78 is 10.4. The molecule has 7 heteroatoms. The minimum Gasteiger partial charge on any atom is -0.360 e. The molecular weight excluding hydrogens is 298 g/mol. The van der Waals surface area contributed by atoms with Crippen molar-refractivity contribution in [1.82, 2.24) is 10.1 Å². The molecule has 1 aromatic carbocycles. The molecular formula is C16H17N3O4. The fourth-order valence-corrected chi connectivity index (χ4v) is 2.60. The first-order valence-electron chi connectivity index (χ1n) is 7.22. The summed E-state index contributed by atoms with van der Waals surface area (Å²) in [6.45, 7) is 1.61. The zero-order chi connectivity index (χ0) is 16.4. The van der Waals surface area contributed by atoms with E-state index in [-0.39, 0.29) is 18.4 Å². The molecule has 0 saturated carbocycles. The molecule has 1 N–H and O–H groups in total. The highest BCUT2D eigenvalue weighted by molar-refractivity contribution is 5.95. The monoisotopic (exact) mass is 315 g/mol. The summed E-state index contributed by atoms with van der Waals surface area (Å²) in [5.74, 6) is 0.380. The van der Waals surface area contributed by atoms with Gasteiger partial charge in [-0.3, -0.25) is 9.59 Å². The minimum atomic E-state index is -0.822. The average Bonchev–Trinajstić information content (AvgIpc) is 2.95. The van der Waals surface area contributed by atoms with E-state index in [4.69, 9.17) is 9.26 Å². The number of rotatable bonds is 3. The number of benzene rings is 1. The van der Waals surface area contributed by atoms with Gasteiger partial charge >= 0.3 is 0 Å². The predicted molar refractivity (Wildman–Crippen MR) is 81.6 cm³/mol. The van der Waals surface area contributed by atoms with Crippen LogP contribution in [0.2, 0.25) is 0 Å². The Hall–Kier alpha value is -2.67. The maximum atomic E-state index is 12.6. The van der Waals surface area contributed by atoms with Crippen molar-refractivity contribution >= 4 is 17.6 Å². The van der Waals surface area contributed by atoms with E-state index in [9.17, 15) is 9.59 Å². The second kappa shape index (κ2) is 6.21. The van der Waals surface area contributed by atoms with Crippen LogP contribution in [0.4, 0.5) is 5.82 Å². The van der Waals surface area contributed by atoms with Crippen LogP contribution in [-0.2, 0) is 14.3 Å². The summed E-state index contributed by atoms with van der Waals surface area (Å²) in [6.07, 6.45) is -0.822. The summed E-state index contributed by atoms with van der Waals surface area (Å²) in [7, 11) is 1.67. The van der Waals surface area contributed by atoms with Gasteiger partial charge in [0.25, 0.3) is 5.91 Å². The van der Waals surface area contributed by atoms with E-state index in [1.54, 1.807) is 20.0 Å². The number of likely N-dealkylation sites (N-methyl/N-ethyl adjacent to an activating group) is 1. The highest BCUT2D eigenvalue weighted by Crippen LogP contribution is 2.29. The Balaban J connectivity index is 1.85. The Bertz CT molecular complexity index is 713. The number of aromatic nitrogens is 1. The third-order valence-electron chi connectivity index (χ3n) is 3.76. The second-order valence-corrected chi connectivity index (χ2v) is 5.40. The number of nitrogens with zero attached hydrogens (tertiary/aromatic N) is 2. The van der Waals surface area contributed by atoms with Gasteiger partial charge in [-0.05, 0) is 12.5 Å². The Labute approximate surface area is 133 Å². The topological polar surface area (TPSA) is 84.7 Å². The maximum Gasteiger partial charge on any atom is 0.257 e. The second-order valence-electron chi connectivity index (χ2n) is 5.40. The van der Waals surface area contributed by atoms with Crippen LogP contribution in [-0.4, -0.2) is 41.6 Å². The van der Waals surface area contributed by atoms with E-state index in [1.165, 1.54) is 4.90 Å². The van der Waals surface area contributed by atoms with Crippen molar-refractivity contribution in [3.8, 4) is 0 Å². The van der Waals surface area contributed by atoms with Gasteiger partial charge in [0.05, 0.1) is 6.04 Å². The molecule has 3 rings (SSSR count). The van der Waals surface area contributed by atoms with Crippen LogP contribution in [0, 0.1) is 6.92 Å². The number of amides is 2. The number of hydrogen-bond acceptors (Lipinski definition) is 5. The van der Waals surface area contributed by atoms with Crippen LogP contribution in [0.25, 0.3) is 0 Å². The van der Waals surface area contributed by atoms with Gasteiger partial charge in [-0.25, -0.2) is 0 Å². The van der Waals surface area contributed by atoms with Crippen molar-refractivity contribution in [2.45, 2.75) is 19.1 Å². The molecule has 23 heavy (non-hydrogen) atoms. The number of nitrogens with one attached hydrogen (secondary N) is 1. The maximum absolute atomic E-state index is 12.6. The highest BCUT2D eigenvalue weighted by Gasteiger charge is 2.40. The van der Waals surface area contributed by atoms with Crippen LogP contribution in [0.1, 0.15) is 17.4 Å². The van der Waals surface area contributed by atoms with Crippen molar-refractivity contribution in [2.75, 3.05) is 19.0 Å². The summed E-state index contributed by atoms with van der Waals surface area (Å²) in [5.41, 5.74) is 0.833. The largest absolute Gasteiger partial charge is 0.360 e. The lowest BCUT2D eigenvalue weighted by Crippen LogP contribution is -2.51. The molecule has 2 aromatic rings. The van der Waals surface area contributed by atoms with Crippen LogP contribution in [0.5, 0.6) is 0 Å². The van der Waals surface area contributed by atoms with Crippen LogP contribution >= 0.6 is 0 Å². The molecule has 1 aliphatic heterocycles. The molecule has 2 amide bonds. The molecule has 0 aliphatic carbocycles. The number of ether oxygens (including phenoxy) is 1. The molecule has 7 nitrogen and oxygen atoms in total. The first-order valence-corrected chi connectivity index (χ1v) is 7.22. The SMILES string of the molecule is Cc1cc(NC(=O)C2OCC(=O)N(C)C2c2ccccc2)no1. The molecule has 1 aromatic heterocycles. The lowest BCUT2D eigenvalue weighted by atomic mass is 9.97. The van der Waals surface area contributed by atoms with E-state index in [0.29, 0.717) is 11.6 Å². The van der Waals surface area contributed by atoms with Crippen LogP contribution in [0.15, 0.2) is 40.9 Å². The van der Waals surface area contributed by atoms with Crippen LogP contribution < -0.4 is 5.32 Å². The zero-order valence-electron chi connectivity index (χ0n) is 12.9. The number of morpholine rings is 1. The molecule has 1 fully saturated rings. The molecule has 2 atom stereocenters. The van der Waals surface area contributed by atoms with Gasteiger partial charge in [-0.2, -0.15) is 0 Å². The summed E-state index contributed by atoms with van der Waals surface area (Å²) in [5, 5.41) is 6.40. The van der Waals surface area contributed by atoms with Gasteiger partial charge in [-0.1, -0.05) is 35.5 Å². The van der Waals surface area contributed by atoms with E-state index in [1.807, 2.05) is 30.3 Å². The van der Waals surface area contributed by atoms with E-state index >= 15 is 0 Å². The van der Waals surface area contributed by atoms with Gasteiger partial charge in [-0.15, -0.1) is 0 Å².